The smallest absolute Gasteiger partial charge is 0.257 e. The molecule has 0 bridgehead atoms. The number of rotatable bonds is 2. The highest BCUT2D eigenvalue weighted by atomic mass is 79.9. The topological polar surface area (TPSA) is 35.0 Å². The Labute approximate surface area is 117 Å². The van der Waals surface area contributed by atoms with E-state index in [0.717, 1.165) is 11.4 Å². The minimum atomic E-state index is -0.355. The first-order valence-corrected chi connectivity index (χ1v) is 6.28. The predicted octanol–water partition coefficient (Wildman–Crippen LogP) is 4.44. The zero-order valence-electron chi connectivity index (χ0n) is 9.67. The van der Waals surface area contributed by atoms with Crippen molar-refractivity contribution in [2.24, 2.45) is 0 Å². The average molecular weight is 332 g/mol. The summed E-state index contributed by atoms with van der Waals surface area (Å²) < 4.78 is 18.9. The van der Waals surface area contributed by atoms with Gasteiger partial charge in [0.25, 0.3) is 5.88 Å². The maximum Gasteiger partial charge on any atom is 0.257 e. The largest absolute Gasteiger partial charge is 0.435 e. The summed E-state index contributed by atoms with van der Waals surface area (Å²) in [6.07, 6.45) is 0. The van der Waals surface area contributed by atoms with Gasteiger partial charge < -0.3 is 4.74 Å². The summed E-state index contributed by atoms with van der Waals surface area (Å²) in [5.41, 5.74) is 1.47. The number of benzene rings is 1. The van der Waals surface area contributed by atoms with Crippen LogP contribution in [0.4, 0.5) is 4.39 Å². The zero-order chi connectivity index (χ0) is 13.3. The van der Waals surface area contributed by atoms with Crippen molar-refractivity contribution in [2.75, 3.05) is 0 Å². The number of hydrogen-bond donors (Lipinski definition) is 0. The second kappa shape index (κ2) is 5.20. The molecule has 0 saturated carbocycles. The zero-order valence-corrected chi connectivity index (χ0v) is 12.0. The van der Waals surface area contributed by atoms with Crippen LogP contribution in [-0.4, -0.2) is 9.97 Å². The molecule has 0 unspecified atom stereocenters. The van der Waals surface area contributed by atoms with Gasteiger partial charge in [0.05, 0.1) is 15.9 Å². The van der Waals surface area contributed by atoms with Crippen molar-refractivity contribution in [2.45, 2.75) is 13.8 Å². The molecule has 0 N–H and O–H groups in total. The molecule has 2 rings (SSSR count). The Kier molecular flexibility index (Phi) is 3.82. The van der Waals surface area contributed by atoms with E-state index < -0.39 is 0 Å². The third-order valence-electron chi connectivity index (χ3n) is 2.34. The van der Waals surface area contributed by atoms with E-state index in [1.807, 2.05) is 13.8 Å². The van der Waals surface area contributed by atoms with Crippen molar-refractivity contribution in [3.8, 4) is 11.6 Å². The van der Waals surface area contributed by atoms with E-state index in [1.54, 1.807) is 0 Å². The highest BCUT2D eigenvalue weighted by molar-refractivity contribution is 9.10. The first kappa shape index (κ1) is 13.2. The SMILES string of the molecule is Cc1nc(Cl)c(Oc2ccc(F)cc2Br)nc1C. The summed E-state index contributed by atoms with van der Waals surface area (Å²) in [5, 5.41) is 0.175. The van der Waals surface area contributed by atoms with Crippen LogP contribution in [0.15, 0.2) is 22.7 Å². The van der Waals surface area contributed by atoms with E-state index in [1.165, 1.54) is 18.2 Å². The van der Waals surface area contributed by atoms with E-state index in [2.05, 4.69) is 25.9 Å². The lowest BCUT2D eigenvalue weighted by Gasteiger charge is -2.09. The molecule has 0 amide bonds. The Morgan fingerprint density at radius 1 is 1.22 bits per heavy atom. The first-order valence-electron chi connectivity index (χ1n) is 5.11. The van der Waals surface area contributed by atoms with Gasteiger partial charge in [0.1, 0.15) is 11.6 Å². The fourth-order valence-electron chi connectivity index (χ4n) is 1.28. The summed E-state index contributed by atoms with van der Waals surface area (Å²) in [7, 11) is 0. The lowest BCUT2D eigenvalue weighted by molar-refractivity contribution is 0.454. The van der Waals surface area contributed by atoms with Gasteiger partial charge >= 0.3 is 0 Å². The minimum Gasteiger partial charge on any atom is -0.435 e. The fourth-order valence-corrected chi connectivity index (χ4v) is 1.92. The van der Waals surface area contributed by atoms with Gasteiger partial charge in [-0.2, -0.15) is 0 Å². The van der Waals surface area contributed by atoms with Gasteiger partial charge in [-0.1, -0.05) is 11.6 Å². The van der Waals surface area contributed by atoms with Gasteiger partial charge in [-0.05, 0) is 48.0 Å². The third kappa shape index (κ3) is 2.79. The van der Waals surface area contributed by atoms with Crippen molar-refractivity contribution in [1.82, 2.24) is 9.97 Å². The van der Waals surface area contributed by atoms with Crippen LogP contribution in [0, 0.1) is 19.7 Å². The quantitative estimate of drug-likeness (QED) is 0.816. The van der Waals surface area contributed by atoms with Crippen LogP contribution >= 0.6 is 27.5 Å². The van der Waals surface area contributed by atoms with Gasteiger partial charge in [0.2, 0.25) is 0 Å². The molecule has 6 heteroatoms. The van der Waals surface area contributed by atoms with Crippen molar-refractivity contribution < 1.29 is 9.13 Å². The molecule has 18 heavy (non-hydrogen) atoms. The van der Waals surface area contributed by atoms with Crippen LogP contribution in [-0.2, 0) is 0 Å². The Morgan fingerprint density at radius 3 is 2.56 bits per heavy atom. The number of aromatic nitrogens is 2. The molecule has 0 atom stereocenters. The van der Waals surface area contributed by atoms with Crippen LogP contribution < -0.4 is 4.74 Å². The summed E-state index contributed by atoms with van der Waals surface area (Å²) in [6.45, 7) is 3.62. The van der Waals surface area contributed by atoms with Crippen molar-refractivity contribution in [3.63, 3.8) is 0 Å². The molecule has 3 nitrogen and oxygen atoms in total. The van der Waals surface area contributed by atoms with Crippen LogP contribution in [0.2, 0.25) is 5.15 Å². The molecular weight excluding hydrogens is 322 g/mol. The Balaban J connectivity index is 2.37. The first-order chi connectivity index (χ1) is 8.47. The van der Waals surface area contributed by atoms with Gasteiger partial charge in [-0.3, -0.25) is 0 Å². The number of hydrogen-bond acceptors (Lipinski definition) is 3. The molecule has 94 valence electrons. The van der Waals surface area contributed by atoms with E-state index in [9.17, 15) is 4.39 Å². The van der Waals surface area contributed by atoms with Gasteiger partial charge in [-0.15, -0.1) is 0 Å². The summed E-state index contributed by atoms with van der Waals surface area (Å²) >= 11 is 9.15. The lowest BCUT2D eigenvalue weighted by Crippen LogP contribution is -1.97. The van der Waals surface area contributed by atoms with Crippen LogP contribution in [0.5, 0.6) is 11.6 Å². The maximum atomic E-state index is 12.9. The standard InChI is InChI=1S/C12H9BrClFN2O/c1-6-7(2)17-12(11(14)16-6)18-10-4-3-8(15)5-9(10)13/h3-5H,1-2H3. The van der Waals surface area contributed by atoms with Gasteiger partial charge in [0, 0.05) is 0 Å². The Bertz CT molecular complexity index is 607. The summed E-state index contributed by atoms with van der Waals surface area (Å²) in [6, 6.07) is 4.09. The summed E-state index contributed by atoms with van der Waals surface area (Å²) in [4.78, 5) is 8.30. The van der Waals surface area contributed by atoms with E-state index in [4.69, 9.17) is 16.3 Å². The molecule has 0 aliphatic heterocycles. The number of ether oxygens (including phenoxy) is 1. The third-order valence-corrected chi connectivity index (χ3v) is 3.20. The van der Waals surface area contributed by atoms with Crippen LogP contribution in [0.3, 0.4) is 0 Å². The van der Waals surface area contributed by atoms with E-state index >= 15 is 0 Å². The Hall–Kier alpha value is -1.20. The monoisotopic (exact) mass is 330 g/mol. The van der Waals surface area contributed by atoms with Crippen LogP contribution in [0.25, 0.3) is 0 Å². The lowest BCUT2D eigenvalue weighted by atomic mass is 10.3. The number of aryl methyl sites for hydroxylation is 2. The number of halogens is 3. The van der Waals surface area contributed by atoms with Crippen molar-refractivity contribution >= 4 is 27.5 Å². The van der Waals surface area contributed by atoms with Crippen molar-refractivity contribution in [1.29, 1.82) is 0 Å². The molecule has 0 aliphatic carbocycles. The minimum absolute atomic E-state index is 0.175. The maximum absolute atomic E-state index is 12.9. The molecule has 0 aliphatic rings. The summed E-state index contributed by atoms with van der Waals surface area (Å²) in [5.74, 6) is 0.273. The highest BCUT2D eigenvalue weighted by Gasteiger charge is 2.11. The van der Waals surface area contributed by atoms with Gasteiger partial charge in [-0.25, -0.2) is 14.4 Å². The second-order valence-electron chi connectivity index (χ2n) is 3.67. The molecule has 0 saturated heterocycles. The molecule has 1 aromatic heterocycles. The Morgan fingerprint density at radius 2 is 1.89 bits per heavy atom. The highest BCUT2D eigenvalue weighted by Crippen LogP contribution is 2.32. The molecule has 1 heterocycles. The molecule has 0 fully saturated rings. The average Bonchev–Trinajstić information content (AvgIpc) is 2.29. The molecule has 0 spiro atoms. The predicted molar refractivity (Wildman–Crippen MR) is 70.7 cm³/mol. The van der Waals surface area contributed by atoms with E-state index in [0.29, 0.717) is 10.2 Å². The molecular formula is C12H9BrClFN2O. The van der Waals surface area contributed by atoms with Gasteiger partial charge in [0.15, 0.2) is 5.15 Å². The normalized spacial score (nSPS) is 10.5. The number of nitrogens with zero attached hydrogens (tertiary/aromatic N) is 2. The van der Waals surface area contributed by atoms with Crippen LogP contribution in [0.1, 0.15) is 11.4 Å². The molecule has 0 radical (unpaired) electrons. The van der Waals surface area contributed by atoms with E-state index in [-0.39, 0.29) is 16.9 Å². The molecule has 2 aromatic rings. The fraction of sp³-hybridized carbons (Fsp3) is 0.167. The second-order valence-corrected chi connectivity index (χ2v) is 4.88. The molecule has 1 aromatic carbocycles. The van der Waals surface area contributed by atoms with Crippen molar-refractivity contribution in [3.05, 3.63) is 45.0 Å².